The molecule has 4 rings (SSSR count). The van der Waals surface area contributed by atoms with Gasteiger partial charge >= 0.3 is 0 Å². The molecule has 11 heteroatoms. The van der Waals surface area contributed by atoms with E-state index in [0.717, 1.165) is 5.56 Å². The number of amides is 1. The summed E-state index contributed by atoms with van der Waals surface area (Å²) in [6.45, 7) is 8.43. The second kappa shape index (κ2) is 10.5. The molecule has 0 spiro atoms. The Kier molecular flexibility index (Phi) is 7.58. The quantitative estimate of drug-likeness (QED) is 0.312. The molecule has 1 aliphatic carbocycles. The number of hydrogen-bond acceptors (Lipinski definition) is 7. The second-order valence-corrected chi connectivity index (χ2v) is 17.3. The molecule has 1 aliphatic rings. The van der Waals surface area contributed by atoms with E-state index in [1.165, 1.54) is 11.3 Å². The molecule has 2 heterocycles. The summed E-state index contributed by atoms with van der Waals surface area (Å²) in [5.41, 5.74) is 6.72. The van der Waals surface area contributed by atoms with Crippen molar-refractivity contribution in [3.05, 3.63) is 53.4 Å². The van der Waals surface area contributed by atoms with Crippen LogP contribution in [-0.2, 0) is 14.8 Å². The molecule has 1 amide bonds. The largest absolute Gasteiger partial charge is 0.326 e. The fraction of sp³-hybridized carbons (Fsp3) is 0.360. The zero-order valence-corrected chi connectivity index (χ0v) is 23.3. The molecule has 2 N–H and O–H groups in total. The molecule has 1 saturated carbocycles. The molecule has 1 atom stereocenters. The van der Waals surface area contributed by atoms with Crippen LogP contribution in [0, 0.1) is 11.5 Å². The summed E-state index contributed by atoms with van der Waals surface area (Å²) in [6, 6.07) is 7.39. The van der Waals surface area contributed by atoms with Crippen LogP contribution in [0.3, 0.4) is 0 Å². The summed E-state index contributed by atoms with van der Waals surface area (Å²) in [6.07, 6.45) is 5.24. The van der Waals surface area contributed by atoms with Gasteiger partial charge in [-0.1, -0.05) is 44.6 Å². The molecule has 8 nitrogen and oxygen atoms in total. The van der Waals surface area contributed by atoms with Gasteiger partial charge in [0.05, 0.1) is 34.9 Å². The van der Waals surface area contributed by atoms with E-state index in [1.54, 1.807) is 17.8 Å². The van der Waals surface area contributed by atoms with Gasteiger partial charge in [0, 0.05) is 16.6 Å². The van der Waals surface area contributed by atoms with E-state index >= 15 is 0 Å². The predicted molar refractivity (Wildman–Crippen MR) is 147 cm³/mol. The van der Waals surface area contributed by atoms with Crippen LogP contribution in [0.5, 0.6) is 0 Å². The Labute approximate surface area is 217 Å². The van der Waals surface area contributed by atoms with Crippen molar-refractivity contribution in [2.45, 2.75) is 57.0 Å². The van der Waals surface area contributed by atoms with Crippen LogP contribution in [0.2, 0.25) is 19.6 Å². The number of aromatic nitrogens is 3. The molecular formula is C25H29N5O3S2Si. The first-order valence-electron chi connectivity index (χ1n) is 11.8. The Bertz CT molecular complexity index is 1420. The predicted octanol–water partition coefficient (Wildman–Crippen LogP) is 4.87. The van der Waals surface area contributed by atoms with Crippen molar-refractivity contribution in [3.8, 4) is 22.7 Å². The lowest BCUT2D eigenvalue weighted by atomic mass is 10.0. The SMILES string of the molecule is CCC(C(=O)Nc1ccc(-c2cncc(C#C[Si](C)(C)C)n2)cc1)c1csc(NS(=O)(=O)C2CC2)n1. The summed E-state index contributed by atoms with van der Waals surface area (Å²) < 4.78 is 26.9. The van der Waals surface area contributed by atoms with Gasteiger partial charge in [0.2, 0.25) is 15.9 Å². The summed E-state index contributed by atoms with van der Waals surface area (Å²) in [5.74, 6) is 2.44. The molecule has 0 aliphatic heterocycles. The summed E-state index contributed by atoms with van der Waals surface area (Å²) in [5, 5.41) is 4.64. The smallest absolute Gasteiger partial charge is 0.237 e. The van der Waals surface area contributed by atoms with Crippen molar-refractivity contribution in [1.29, 1.82) is 0 Å². The normalized spacial score (nSPS) is 14.4. The first-order chi connectivity index (χ1) is 17.0. The minimum atomic E-state index is -3.39. The van der Waals surface area contributed by atoms with Gasteiger partial charge in [-0.2, -0.15) is 0 Å². The fourth-order valence-electron chi connectivity index (χ4n) is 3.38. The number of anilines is 2. The van der Waals surface area contributed by atoms with E-state index in [-0.39, 0.29) is 11.2 Å². The molecule has 1 aromatic carbocycles. The number of carbonyl (C=O) groups excluding carboxylic acids is 1. The number of nitrogens with one attached hydrogen (secondary N) is 2. The molecule has 0 bridgehead atoms. The van der Waals surface area contributed by atoms with Crippen LogP contribution >= 0.6 is 11.3 Å². The third-order valence-electron chi connectivity index (χ3n) is 5.44. The van der Waals surface area contributed by atoms with E-state index in [2.05, 4.69) is 56.1 Å². The van der Waals surface area contributed by atoms with Gasteiger partial charge in [-0.15, -0.1) is 16.9 Å². The maximum atomic E-state index is 13.0. The van der Waals surface area contributed by atoms with Crippen LogP contribution in [-0.4, -0.2) is 42.6 Å². The number of carbonyl (C=O) groups is 1. The van der Waals surface area contributed by atoms with Gasteiger partial charge in [0.15, 0.2) is 5.13 Å². The Morgan fingerprint density at radius 3 is 2.53 bits per heavy atom. The molecule has 188 valence electrons. The standard InChI is InChI=1S/C25H29N5O3S2Si/c1-5-21(23-16-34-25(29-23)30-35(32,33)20-10-11-20)24(31)28-18-8-6-17(7-9-18)22-15-26-14-19(27-22)12-13-36(2,3)4/h6-9,14-16,20-21H,5,10-11H2,1-4H3,(H,28,31)(H,29,30). The highest BCUT2D eigenvalue weighted by Crippen LogP contribution is 2.32. The maximum Gasteiger partial charge on any atom is 0.237 e. The Morgan fingerprint density at radius 1 is 1.17 bits per heavy atom. The topological polar surface area (TPSA) is 114 Å². The van der Waals surface area contributed by atoms with Crippen molar-refractivity contribution in [2.24, 2.45) is 0 Å². The third kappa shape index (κ3) is 6.78. The van der Waals surface area contributed by atoms with Gasteiger partial charge < -0.3 is 5.32 Å². The summed E-state index contributed by atoms with van der Waals surface area (Å²) in [7, 11) is -4.90. The highest BCUT2D eigenvalue weighted by molar-refractivity contribution is 7.93. The van der Waals surface area contributed by atoms with Crippen molar-refractivity contribution in [1.82, 2.24) is 15.0 Å². The van der Waals surface area contributed by atoms with E-state index in [0.29, 0.717) is 47.2 Å². The monoisotopic (exact) mass is 539 g/mol. The molecule has 0 saturated heterocycles. The van der Waals surface area contributed by atoms with Crippen molar-refractivity contribution < 1.29 is 13.2 Å². The van der Waals surface area contributed by atoms with E-state index in [9.17, 15) is 13.2 Å². The van der Waals surface area contributed by atoms with Crippen LogP contribution < -0.4 is 10.0 Å². The van der Waals surface area contributed by atoms with Gasteiger partial charge in [0.25, 0.3) is 0 Å². The third-order valence-corrected chi connectivity index (χ3v) is 9.05. The number of hydrogen-bond donors (Lipinski definition) is 2. The number of rotatable bonds is 8. The van der Waals surface area contributed by atoms with Crippen molar-refractivity contribution >= 4 is 46.2 Å². The number of nitrogens with zero attached hydrogens (tertiary/aromatic N) is 3. The molecule has 1 fully saturated rings. The van der Waals surface area contributed by atoms with Gasteiger partial charge in [0.1, 0.15) is 13.8 Å². The van der Waals surface area contributed by atoms with Crippen LogP contribution in [0.4, 0.5) is 10.8 Å². The Balaban J connectivity index is 1.43. The minimum absolute atomic E-state index is 0.199. The zero-order valence-electron chi connectivity index (χ0n) is 20.7. The van der Waals surface area contributed by atoms with Crippen LogP contribution in [0.1, 0.15) is 43.5 Å². The number of thiazole rings is 1. The Hall–Kier alpha value is -3.07. The first kappa shape index (κ1) is 26.0. The average Bonchev–Trinajstić information content (AvgIpc) is 3.60. The van der Waals surface area contributed by atoms with Gasteiger partial charge in [-0.25, -0.2) is 18.4 Å². The Morgan fingerprint density at radius 2 is 1.89 bits per heavy atom. The molecule has 1 unspecified atom stereocenters. The minimum Gasteiger partial charge on any atom is -0.326 e. The number of benzene rings is 1. The number of sulfonamides is 1. The van der Waals surface area contributed by atoms with Crippen molar-refractivity contribution in [3.63, 3.8) is 0 Å². The molecule has 2 aromatic heterocycles. The highest BCUT2D eigenvalue weighted by Gasteiger charge is 2.36. The maximum absolute atomic E-state index is 13.0. The first-order valence-corrected chi connectivity index (χ1v) is 17.7. The highest BCUT2D eigenvalue weighted by atomic mass is 32.2. The molecular weight excluding hydrogens is 511 g/mol. The zero-order chi connectivity index (χ0) is 25.9. The lowest BCUT2D eigenvalue weighted by Crippen LogP contribution is -2.21. The molecule has 36 heavy (non-hydrogen) atoms. The summed E-state index contributed by atoms with van der Waals surface area (Å²) >= 11 is 1.19. The van der Waals surface area contributed by atoms with Crippen molar-refractivity contribution in [2.75, 3.05) is 10.0 Å². The fourth-order valence-corrected chi connectivity index (χ4v) is 6.24. The van der Waals surface area contributed by atoms with Crippen LogP contribution in [0.25, 0.3) is 11.3 Å². The molecule has 0 radical (unpaired) electrons. The average molecular weight is 540 g/mol. The molecule has 3 aromatic rings. The summed E-state index contributed by atoms with van der Waals surface area (Å²) in [4.78, 5) is 26.2. The van der Waals surface area contributed by atoms with Gasteiger partial charge in [-0.05, 0) is 31.4 Å². The van der Waals surface area contributed by atoms with Crippen LogP contribution in [0.15, 0.2) is 42.0 Å². The van der Waals surface area contributed by atoms with E-state index < -0.39 is 24.0 Å². The van der Waals surface area contributed by atoms with E-state index in [1.807, 2.05) is 31.2 Å². The lowest BCUT2D eigenvalue weighted by Gasteiger charge is -2.13. The van der Waals surface area contributed by atoms with E-state index in [4.69, 9.17) is 0 Å². The second-order valence-electron chi connectivity index (χ2n) is 9.74. The van der Waals surface area contributed by atoms with Gasteiger partial charge in [-0.3, -0.25) is 14.5 Å². The lowest BCUT2D eigenvalue weighted by molar-refractivity contribution is -0.117.